The average molecular weight is 384 g/mol. The molecular weight excluding hydrogens is 354 g/mol. The van der Waals surface area contributed by atoms with Crippen molar-refractivity contribution in [3.63, 3.8) is 0 Å². The van der Waals surface area contributed by atoms with E-state index in [9.17, 15) is 4.79 Å². The first-order valence-corrected chi connectivity index (χ1v) is 10.2. The van der Waals surface area contributed by atoms with Crippen LogP contribution >= 0.6 is 0 Å². The van der Waals surface area contributed by atoms with Crippen LogP contribution in [-0.4, -0.2) is 56.7 Å². The second-order valence-electron chi connectivity index (χ2n) is 7.91. The van der Waals surface area contributed by atoms with Crippen LogP contribution in [-0.2, 0) is 11.3 Å². The van der Waals surface area contributed by atoms with Crippen LogP contribution in [0.4, 0.5) is 0 Å². The van der Waals surface area contributed by atoms with Crippen molar-refractivity contribution in [2.75, 3.05) is 19.6 Å². The molecule has 2 N–H and O–H groups in total. The van der Waals surface area contributed by atoms with Gasteiger partial charge in [-0.05, 0) is 53.7 Å². The van der Waals surface area contributed by atoms with Gasteiger partial charge in [0.05, 0.1) is 0 Å². The Morgan fingerprint density at radius 1 is 1.25 bits per heavy atom. The largest absolute Gasteiger partial charge is 0.343 e. The molecule has 3 heterocycles. The highest BCUT2D eigenvalue weighted by Gasteiger charge is 2.37. The lowest BCUT2D eigenvalue weighted by Crippen LogP contribution is -2.45. The Bertz CT molecular complexity index is 771. The molecule has 150 valence electrons. The molecule has 0 saturated carbocycles. The summed E-state index contributed by atoms with van der Waals surface area (Å²) in [6.07, 6.45) is 5.03. The Labute approximate surface area is 165 Å². The fourth-order valence-electron chi connectivity index (χ4n) is 4.61. The lowest BCUT2D eigenvalue weighted by Gasteiger charge is -2.37. The Balaban J connectivity index is 1.27. The van der Waals surface area contributed by atoms with Crippen molar-refractivity contribution in [3.05, 3.63) is 41.7 Å². The molecule has 1 amide bonds. The molecule has 0 bridgehead atoms. The Morgan fingerprint density at radius 2 is 2.07 bits per heavy atom. The molecule has 0 radical (unpaired) electrons. The van der Waals surface area contributed by atoms with Gasteiger partial charge < -0.3 is 4.90 Å². The SMILES string of the molecule is Cc1ccccc1C1CNNC1C1CCN(C(=O)CCCn2cnnn2)CC1. The maximum Gasteiger partial charge on any atom is 0.222 e. The number of hydrazine groups is 1. The number of hydrogen-bond acceptors (Lipinski definition) is 6. The number of likely N-dealkylation sites (tertiary alicyclic amines) is 1. The third-order valence-electron chi connectivity index (χ3n) is 6.18. The normalized spacial score (nSPS) is 23.2. The molecule has 2 aliphatic rings. The van der Waals surface area contributed by atoms with Gasteiger partial charge in [0.2, 0.25) is 5.91 Å². The van der Waals surface area contributed by atoms with Gasteiger partial charge >= 0.3 is 0 Å². The van der Waals surface area contributed by atoms with Crippen LogP contribution in [0.25, 0.3) is 0 Å². The molecule has 2 fully saturated rings. The molecule has 2 atom stereocenters. The van der Waals surface area contributed by atoms with E-state index in [0.717, 1.165) is 38.9 Å². The highest BCUT2D eigenvalue weighted by Crippen LogP contribution is 2.33. The quantitative estimate of drug-likeness (QED) is 0.781. The van der Waals surface area contributed by atoms with Crippen LogP contribution in [0.3, 0.4) is 0 Å². The Morgan fingerprint density at radius 3 is 2.82 bits per heavy atom. The second-order valence-corrected chi connectivity index (χ2v) is 7.91. The van der Waals surface area contributed by atoms with E-state index in [4.69, 9.17) is 0 Å². The van der Waals surface area contributed by atoms with Crippen molar-refractivity contribution in [2.24, 2.45) is 5.92 Å². The molecular formula is C20H29N7O. The highest BCUT2D eigenvalue weighted by molar-refractivity contribution is 5.76. The maximum atomic E-state index is 12.5. The third-order valence-corrected chi connectivity index (χ3v) is 6.18. The first-order chi connectivity index (χ1) is 13.7. The number of piperidine rings is 1. The molecule has 0 aliphatic carbocycles. The van der Waals surface area contributed by atoms with Gasteiger partial charge in [-0.25, -0.2) is 4.68 Å². The number of carbonyl (C=O) groups excluding carboxylic acids is 1. The van der Waals surface area contributed by atoms with Crippen molar-refractivity contribution in [1.82, 2.24) is 36.0 Å². The van der Waals surface area contributed by atoms with Gasteiger partial charge in [-0.2, -0.15) is 0 Å². The first kappa shape index (κ1) is 19.0. The van der Waals surface area contributed by atoms with Crippen LogP contribution in [0.1, 0.15) is 42.7 Å². The molecule has 8 heteroatoms. The summed E-state index contributed by atoms with van der Waals surface area (Å²) in [6.45, 7) is 5.55. The number of nitrogens with zero attached hydrogens (tertiary/aromatic N) is 5. The summed E-state index contributed by atoms with van der Waals surface area (Å²) in [6, 6.07) is 9.12. The molecule has 8 nitrogen and oxygen atoms in total. The Hall–Kier alpha value is -2.32. The van der Waals surface area contributed by atoms with Gasteiger partial charge in [-0.3, -0.25) is 15.6 Å². The number of hydrogen-bond donors (Lipinski definition) is 2. The van der Waals surface area contributed by atoms with Gasteiger partial charge in [-0.15, -0.1) is 5.10 Å². The molecule has 2 aliphatic heterocycles. The maximum absolute atomic E-state index is 12.5. The van der Waals surface area contributed by atoms with Crippen molar-refractivity contribution >= 4 is 5.91 Å². The summed E-state index contributed by atoms with van der Waals surface area (Å²) in [5.74, 6) is 1.33. The predicted octanol–water partition coefficient (Wildman–Crippen LogP) is 1.26. The number of benzene rings is 1. The van der Waals surface area contributed by atoms with E-state index in [1.165, 1.54) is 11.1 Å². The third kappa shape index (κ3) is 4.23. The lowest BCUT2D eigenvalue weighted by molar-refractivity contribution is -0.132. The molecule has 28 heavy (non-hydrogen) atoms. The topological polar surface area (TPSA) is 88.0 Å². The van der Waals surface area contributed by atoms with E-state index in [-0.39, 0.29) is 5.91 Å². The van der Waals surface area contributed by atoms with Gasteiger partial charge in [0.25, 0.3) is 0 Å². The van der Waals surface area contributed by atoms with E-state index < -0.39 is 0 Å². The van der Waals surface area contributed by atoms with Crippen molar-refractivity contribution in [2.45, 2.75) is 51.1 Å². The van der Waals surface area contributed by atoms with E-state index in [1.54, 1.807) is 11.0 Å². The smallest absolute Gasteiger partial charge is 0.222 e. The number of aryl methyl sites for hydroxylation is 2. The van der Waals surface area contributed by atoms with E-state index in [2.05, 4.69) is 57.6 Å². The summed E-state index contributed by atoms with van der Waals surface area (Å²) < 4.78 is 1.67. The van der Waals surface area contributed by atoms with Gasteiger partial charge in [0.1, 0.15) is 6.33 Å². The van der Waals surface area contributed by atoms with E-state index in [0.29, 0.717) is 30.8 Å². The summed E-state index contributed by atoms with van der Waals surface area (Å²) in [5.41, 5.74) is 9.69. The number of nitrogens with one attached hydrogen (secondary N) is 2. The number of aromatic nitrogens is 4. The van der Waals surface area contributed by atoms with Gasteiger partial charge in [0, 0.05) is 44.6 Å². The number of amides is 1. The van der Waals surface area contributed by atoms with Gasteiger partial charge in [-0.1, -0.05) is 24.3 Å². The minimum atomic E-state index is 0.250. The van der Waals surface area contributed by atoms with E-state index >= 15 is 0 Å². The molecule has 1 aromatic carbocycles. The van der Waals surface area contributed by atoms with Crippen LogP contribution in [0, 0.1) is 12.8 Å². The summed E-state index contributed by atoms with van der Waals surface area (Å²) >= 11 is 0. The van der Waals surface area contributed by atoms with Crippen molar-refractivity contribution in [1.29, 1.82) is 0 Å². The lowest BCUT2D eigenvalue weighted by atomic mass is 9.79. The minimum absolute atomic E-state index is 0.250. The zero-order valence-electron chi connectivity index (χ0n) is 16.4. The summed E-state index contributed by atoms with van der Waals surface area (Å²) in [7, 11) is 0. The second kappa shape index (κ2) is 8.79. The molecule has 2 aromatic rings. The fraction of sp³-hybridized carbons (Fsp3) is 0.600. The zero-order chi connectivity index (χ0) is 19.3. The van der Waals surface area contributed by atoms with Crippen molar-refractivity contribution in [3.8, 4) is 0 Å². The standard InChI is InChI=1S/C20H29N7O/c1-15-5-2-3-6-17(15)18-13-21-23-20(18)16-8-11-26(12-9-16)19(28)7-4-10-27-14-22-24-25-27/h2-3,5-6,14,16,18,20-21,23H,4,7-13H2,1H3. The summed E-state index contributed by atoms with van der Waals surface area (Å²) in [5, 5.41) is 11.1. The first-order valence-electron chi connectivity index (χ1n) is 10.2. The average Bonchev–Trinajstić information content (AvgIpc) is 3.40. The van der Waals surface area contributed by atoms with Crippen molar-refractivity contribution < 1.29 is 4.79 Å². The molecule has 2 saturated heterocycles. The zero-order valence-corrected chi connectivity index (χ0v) is 16.4. The highest BCUT2D eigenvalue weighted by atomic mass is 16.2. The van der Waals surface area contributed by atoms with E-state index in [1.807, 2.05) is 4.90 Å². The number of carbonyl (C=O) groups is 1. The number of rotatable bonds is 6. The van der Waals surface area contributed by atoms with Crippen LogP contribution in [0.2, 0.25) is 0 Å². The number of tetrazole rings is 1. The molecule has 1 aromatic heterocycles. The summed E-state index contributed by atoms with van der Waals surface area (Å²) in [4.78, 5) is 14.6. The predicted molar refractivity (Wildman–Crippen MR) is 105 cm³/mol. The van der Waals surface area contributed by atoms with Crippen LogP contribution < -0.4 is 10.9 Å². The molecule has 0 spiro atoms. The van der Waals surface area contributed by atoms with Gasteiger partial charge in [0.15, 0.2) is 0 Å². The van der Waals surface area contributed by atoms with Crippen LogP contribution in [0.5, 0.6) is 0 Å². The monoisotopic (exact) mass is 383 g/mol. The molecule has 4 rings (SSSR count). The fourth-order valence-corrected chi connectivity index (χ4v) is 4.61. The minimum Gasteiger partial charge on any atom is -0.343 e. The Kier molecular flexibility index (Phi) is 5.97. The molecule has 2 unspecified atom stereocenters. The van der Waals surface area contributed by atoms with Crippen LogP contribution in [0.15, 0.2) is 30.6 Å².